The monoisotopic (exact) mass is 279 g/mol. The van der Waals surface area contributed by atoms with E-state index in [1.54, 1.807) is 17.9 Å². The van der Waals surface area contributed by atoms with E-state index in [1.165, 1.54) is 0 Å². The van der Waals surface area contributed by atoms with Crippen molar-refractivity contribution in [1.82, 2.24) is 24.8 Å². The number of hydrogen-bond donors (Lipinski definition) is 0. The van der Waals surface area contributed by atoms with Crippen molar-refractivity contribution in [1.29, 1.82) is 0 Å². The third-order valence-electron chi connectivity index (χ3n) is 4.06. The van der Waals surface area contributed by atoms with E-state index in [2.05, 4.69) is 15.2 Å². The number of hydrogen-bond acceptors (Lipinski definition) is 5. The Balaban J connectivity index is 1.60. The van der Waals surface area contributed by atoms with Crippen molar-refractivity contribution in [2.45, 2.75) is 18.9 Å². The number of carbonyl (C=O) groups is 1. The van der Waals surface area contributed by atoms with Gasteiger partial charge in [0.1, 0.15) is 0 Å². The van der Waals surface area contributed by atoms with Crippen LogP contribution in [-0.4, -0.2) is 76.1 Å². The largest absolute Gasteiger partial charge is 0.380 e. The lowest BCUT2D eigenvalue weighted by molar-refractivity contribution is 0.0750. The van der Waals surface area contributed by atoms with Crippen LogP contribution in [-0.2, 0) is 11.8 Å². The first kappa shape index (κ1) is 13.5. The van der Waals surface area contributed by atoms with Gasteiger partial charge in [-0.25, -0.2) is 0 Å². The minimum atomic E-state index is -0.0115. The van der Waals surface area contributed by atoms with Gasteiger partial charge in [-0.15, -0.1) is 5.10 Å². The van der Waals surface area contributed by atoms with Crippen LogP contribution in [0.3, 0.4) is 0 Å². The molecule has 2 fully saturated rings. The first-order chi connectivity index (χ1) is 9.74. The lowest BCUT2D eigenvalue weighted by Crippen LogP contribution is -2.39. The fourth-order valence-electron chi connectivity index (χ4n) is 2.92. The molecule has 0 spiro atoms. The predicted octanol–water partition coefficient (Wildman–Crippen LogP) is -0.248. The Morgan fingerprint density at radius 1 is 1.35 bits per heavy atom. The van der Waals surface area contributed by atoms with Gasteiger partial charge in [-0.3, -0.25) is 14.4 Å². The highest BCUT2D eigenvalue weighted by molar-refractivity contribution is 5.91. The molecule has 1 unspecified atom stereocenters. The molecule has 7 heteroatoms. The zero-order chi connectivity index (χ0) is 13.9. The molecular weight excluding hydrogens is 258 g/mol. The van der Waals surface area contributed by atoms with Crippen molar-refractivity contribution >= 4 is 5.91 Å². The molecule has 20 heavy (non-hydrogen) atoms. The summed E-state index contributed by atoms with van der Waals surface area (Å²) in [6, 6.07) is 0.529. The minimum absolute atomic E-state index is 0.0115. The quantitative estimate of drug-likeness (QED) is 0.747. The van der Waals surface area contributed by atoms with Crippen molar-refractivity contribution in [2.75, 3.05) is 39.4 Å². The molecule has 3 heterocycles. The molecule has 110 valence electrons. The third-order valence-corrected chi connectivity index (χ3v) is 4.06. The van der Waals surface area contributed by atoms with Crippen LogP contribution in [0, 0.1) is 0 Å². The maximum atomic E-state index is 12.4. The molecule has 1 aromatic heterocycles. The number of nitrogens with zero attached hydrogens (tertiary/aromatic N) is 5. The first-order valence-electron chi connectivity index (χ1n) is 7.21. The van der Waals surface area contributed by atoms with Gasteiger partial charge in [0.15, 0.2) is 5.69 Å². The average molecular weight is 279 g/mol. The normalized spacial score (nSPS) is 24.9. The van der Waals surface area contributed by atoms with Gasteiger partial charge < -0.3 is 9.64 Å². The summed E-state index contributed by atoms with van der Waals surface area (Å²) in [5, 5.41) is 7.73. The topological polar surface area (TPSA) is 63.5 Å². The highest BCUT2D eigenvalue weighted by Gasteiger charge is 2.27. The number of carbonyl (C=O) groups excluding carboxylic acids is 1. The number of ether oxygens (including phenoxy) is 1. The zero-order valence-corrected chi connectivity index (χ0v) is 11.9. The van der Waals surface area contributed by atoms with E-state index >= 15 is 0 Å². The number of rotatable bonds is 2. The Bertz CT molecular complexity index is 469. The third kappa shape index (κ3) is 2.83. The molecule has 0 aromatic carbocycles. The molecule has 2 saturated heterocycles. The first-order valence-corrected chi connectivity index (χ1v) is 7.21. The number of aryl methyl sites for hydroxylation is 1. The van der Waals surface area contributed by atoms with Crippen LogP contribution in [0.25, 0.3) is 0 Å². The molecule has 7 nitrogen and oxygen atoms in total. The van der Waals surface area contributed by atoms with E-state index in [9.17, 15) is 4.79 Å². The molecule has 2 aliphatic heterocycles. The standard InChI is InChI=1S/C13H21N5O2/c1-16-9-12(14-15-16)13(19)18-5-2-4-17(6-7-18)11-3-8-20-10-11/h9,11H,2-8,10H2,1H3. The highest BCUT2D eigenvalue weighted by Crippen LogP contribution is 2.15. The lowest BCUT2D eigenvalue weighted by Gasteiger charge is -2.26. The van der Waals surface area contributed by atoms with Gasteiger partial charge in [-0.05, 0) is 12.8 Å². The number of aromatic nitrogens is 3. The summed E-state index contributed by atoms with van der Waals surface area (Å²) < 4.78 is 7.02. The smallest absolute Gasteiger partial charge is 0.276 e. The van der Waals surface area contributed by atoms with Gasteiger partial charge in [-0.1, -0.05) is 5.21 Å². The second-order valence-electron chi connectivity index (χ2n) is 5.48. The fourth-order valence-corrected chi connectivity index (χ4v) is 2.92. The summed E-state index contributed by atoms with van der Waals surface area (Å²) in [5.74, 6) is -0.0115. The van der Waals surface area contributed by atoms with Crippen molar-refractivity contribution < 1.29 is 9.53 Å². The molecule has 0 N–H and O–H groups in total. The van der Waals surface area contributed by atoms with Crippen molar-refractivity contribution in [3.63, 3.8) is 0 Å². The maximum Gasteiger partial charge on any atom is 0.276 e. The van der Waals surface area contributed by atoms with E-state index in [4.69, 9.17) is 4.74 Å². The Hall–Kier alpha value is -1.47. The van der Waals surface area contributed by atoms with E-state index in [-0.39, 0.29) is 5.91 Å². The van der Waals surface area contributed by atoms with Crippen molar-refractivity contribution in [3.8, 4) is 0 Å². The number of amides is 1. The zero-order valence-electron chi connectivity index (χ0n) is 11.9. The van der Waals surface area contributed by atoms with Crippen LogP contribution in [0.2, 0.25) is 0 Å². The van der Waals surface area contributed by atoms with Crippen LogP contribution < -0.4 is 0 Å². The van der Waals surface area contributed by atoms with Crippen LogP contribution in [0.5, 0.6) is 0 Å². The second-order valence-corrected chi connectivity index (χ2v) is 5.48. The highest BCUT2D eigenvalue weighted by atomic mass is 16.5. The minimum Gasteiger partial charge on any atom is -0.380 e. The molecule has 2 aliphatic rings. The molecule has 0 bridgehead atoms. The molecular formula is C13H21N5O2. The van der Waals surface area contributed by atoms with E-state index < -0.39 is 0 Å². The van der Waals surface area contributed by atoms with Gasteiger partial charge in [0.2, 0.25) is 0 Å². The van der Waals surface area contributed by atoms with Gasteiger partial charge in [0.25, 0.3) is 5.91 Å². The van der Waals surface area contributed by atoms with Gasteiger partial charge in [0.05, 0.1) is 12.8 Å². The molecule has 0 saturated carbocycles. The predicted molar refractivity (Wildman–Crippen MR) is 72.3 cm³/mol. The van der Waals surface area contributed by atoms with Crippen LogP contribution in [0.4, 0.5) is 0 Å². The lowest BCUT2D eigenvalue weighted by atomic mass is 10.2. The average Bonchev–Trinajstić information content (AvgIpc) is 3.05. The van der Waals surface area contributed by atoms with E-state index in [0.29, 0.717) is 11.7 Å². The van der Waals surface area contributed by atoms with E-state index in [1.807, 2.05) is 4.90 Å². The van der Waals surface area contributed by atoms with Gasteiger partial charge >= 0.3 is 0 Å². The van der Waals surface area contributed by atoms with Gasteiger partial charge in [0, 0.05) is 45.9 Å². The molecule has 1 aromatic rings. The molecule has 1 atom stereocenters. The summed E-state index contributed by atoms with van der Waals surface area (Å²) in [6.07, 6.45) is 3.79. The molecule has 1 amide bonds. The summed E-state index contributed by atoms with van der Waals surface area (Å²) >= 11 is 0. The van der Waals surface area contributed by atoms with Crippen LogP contribution in [0.15, 0.2) is 6.20 Å². The van der Waals surface area contributed by atoms with Crippen LogP contribution >= 0.6 is 0 Å². The SMILES string of the molecule is Cn1cc(C(=O)N2CCCN(C3CCOC3)CC2)nn1. The summed E-state index contributed by atoms with van der Waals surface area (Å²) in [6.45, 7) is 5.20. The van der Waals surface area contributed by atoms with E-state index in [0.717, 1.165) is 52.2 Å². The molecule has 0 radical (unpaired) electrons. The summed E-state index contributed by atoms with van der Waals surface area (Å²) in [7, 11) is 1.77. The Labute approximate surface area is 118 Å². The second kappa shape index (κ2) is 5.88. The van der Waals surface area contributed by atoms with Crippen molar-refractivity contribution in [3.05, 3.63) is 11.9 Å². The summed E-state index contributed by atoms with van der Waals surface area (Å²) in [4.78, 5) is 16.7. The Kier molecular flexibility index (Phi) is 3.98. The molecule has 0 aliphatic carbocycles. The fraction of sp³-hybridized carbons (Fsp3) is 0.769. The summed E-state index contributed by atoms with van der Waals surface area (Å²) in [5.41, 5.74) is 0.435. The Morgan fingerprint density at radius 3 is 2.95 bits per heavy atom. The van der Waals surface area contributed by atoms with Crippen molar-refractivity contribution in [2.24, 2.45) is 7.05 Å². The van der Waals surface area contributed by atoms with Gasteiger partial charge in [-0.2, -0.15) is 0 Å². The Morgan fingerprint density at radius 2 is 2.25 bits per heavy atom. The molecule has 3 rings (SSSR count). The maximum absolute atomic E-state index is 12.4. The van der Waals surface area contributed by atoms with Crippen LogP contribution in [0.1, 0.15) is 23.3 Å².